The quantitative estimate of drug-likeness (QED) is 0.425. The van der Waals surface area contributed by atoms with Crippen LogP contribution in [0.4, 0.5) is 4.79 Å². The highest BCUT2D eigenvalue weighted by atomic mass is 16.5. The van der Waals surface area contributed by atoms with Gasteiger partial charge in [-0.2, -0.15) is 0 Å². The van der Waals surface area contributed by atoms with Crippen LogP contribution >= 0.6 is 0 Å². The second kappa shape index (κ2) is 10.8. The van der Waals surface area contributed by atoms with E-state index in [2.05, 4.69) is 34.5 Å². The fourth-order valence-corrected chi connectivity index (χ4v) is 6.50. The largest absolute Gasteiger partial charge is 0.481 e. The number of carbonyl (C=O) groups is 3. The second-order valence-corrected chi connectivity index (χ2v) is 11.3. The zero-order valence-electron chi connectivity index (χ0n) is 22.3. The minimum Gasteiger partial charge on any atom is -0.481 e. The van der Waals surface area contributed by atoms with Crippen LogP contribution in [-0.4, -0.2) is 71.7 Å². The molecule has 8 heteroatoms. The molecule has 2 N–H and O–H groups in total. The molecule has 2 heterocycles. The van der Waals surface area contributed by atoms with Crippen LogP contribution in [0, 0.1) is 5.41 Å². The van der Waals surface area contributed by atoms with Crippen molar-refractivity contribution in [2.45, 2.75) is 31.3 Å². The molecular weight excluding hydrogens is 506 g/mol. The number of fused-ring (bicyclic) bond motifs is 3. The SMILES string of the molecule is O=C(O)CCC(NC(=O)OCC1c2ccccc2-c2ccccc21)C(=O)N1CC2(CN(Cc3ccccc3)C2)C1. The summed E-state index contributed by atoms with van der Waals surface area (Å²) in [6, 6.07) is 25.5. The van der Waals surface area contributed by atoms with Crippen LogP contribution < -0.4 is 5.32 Å². The van der Waals surface area contributed by atoms with Gasteiger partial charge in [-0.15, -0.1) is 0 Å². The Morgan fingerprint density at radius 3 is 2.10 bits per heavy atom. The third-order valence-corrected chi connectivity index (χ3v) is 8.31. The number of nitrogens with zero attached hydrogens (tertiary/aromatic N) is 2. The van der Waals surface area contributed by atoms with Gasteiger partial charge in [0.15, 0.2) is 0 Å². The summed E-state index contributed by atoms with van der Waals surface area (Å²) in [5.74, 6) is -1.36. The molecule has 2 aliphatic heterocycles. The molecule has 2 saturated heterocycles. The van der Waals surface area contributed by atoms with E-state index in [-0.39, 0.29) is 36.7 Å². The van der Waals surface area contributed by atoms with Gasteiger partial charge < -0.3 is 20.1 Å². The molecule has 1 unspecified atom stereocenters. The zero-order valence-corrected chi connectivity index (χ0v) is 22.3. The Labute approximate surface area is 233 Å². The number of carboxylic acid groups (broad SMARTS) is 1. The van der Waals surface area contributed by atoms with Crippen molar-refractivity contribution in [2.75, 3.05) is 32.8 Å². The van der Waals surface area contributed by atoms with Gasteiger partial charge in [-0.25, -0.2) is 4.79 Å². The van der Waals surface area contributed by atoms with Crippen LogP contribution in [0.5, 0.6) is 0 Å². The van der Waals surface area contributed by atoms with Crippen LogP contribution in [0.2, 0.25) is 0 Å². The first-order chi connectivity index (χ1) is 19.4. The van der Waals surface area contributed by atoms with Crippen molar-refractivity contribution in [1.82, 2.24) is 15.1 Å². The first kappa shape index (κ1) is 26.1. The molecule has 2 amide bonds. The smallest absolute Gasteiger partial charge is 0.407 e. The van der Waals surface area contributed by atoms with Crippen molar-refractivity contribution in [2.24, 2.45) is 5.41 Å². The highest BCUT2D eigenvalue weighted by molar-refractivity contribution is 5.87. The fourth-order valence-electron chi connectivity index (χ4n) is 6.50. The molecule has 6 rings (SSSR count). The summed E-state index contributed by atoms with van der Waals surface area (Å²) in [4.78, 5) is 41.5. The predicted molar refractivity (Wildman–Crippen MR) is 150 cm³/mol. The lowest BCUT2D eigenvalue weighted by atomic mass is 9.72. The summed E-state index contributed by atoms with van der Waals surface area (Å²) < 4.78 is 5.63. The van der Waals surface area contributed by atoms with E-state index in [1.54, 1.807) is 4.90 Å². The summed E-state index contributed by atoms with van der Waals surface area (Å²) in [5, 5.41) is 11.9. The Balaban J connectivity index is 1.04. The number of alkyl carbamates (subject to hydrolysis) is 1. The monoisotopic (exact) mass is 539 g/mol. The van der Waals surface area contributed by atoms with Gasteiger partial charge in [0.2, 0.25) is 5.91 Å². The lowest BCUT2D eigenvalue weighted by Gasteiger charge is -2.60. The van der Waals surface area contributed by atoms with E-state index in [1.165, 1.54) is 5.56 Å². The third kappa shape index (κ3) is 5.19. The highest BCUT2D eigenvalue weighted by Gasteiger charge is 2.53. The van der Waals surface area contributed by atoms with Gasteiger partial charge in [0.1, 0.15) is 12.6 Å². The number of ether oxygens (including phenoxy) is 1. The summed E-state index contributed by atoms with van der Waals surface area (Å²) in [6.45, 7) is 4.10. The van der Waals surface area contributed by atoms with E-state index in [4.69, 9.17) is 4.74 Å². The van der Waals surface area contributed by atoms with Gasteiger partial charge in [0.25, 0.3) is 0 Å². The molecule has 0 bridgehead atoms. The Hall–Kier alpha value is -4.17. The van der Waals surface area contributed by atoms with Crippen molar-refractivity contribution in [3.8, 4) is 11.1 Å². The van der Waals surface area contributed by atoms with Gasteiger partial charge in [-0.05, 0) is 34.2 Å². The minimum atomic E-state index is -1.01. The van der Waals surface area contributed by atoms with E-state index >= 15 is 0 Å². The normalized spacial score (nSPS) is 17.8. The number of likely N-dealkylation sites (tertiary alicyclic amines) is 2. The Bertz CT molecular complexity index is 1370. The molecule has 0 radical (unpaired) electrons. The number of carboxylic acids is 1. The highest BCUT2D eigenvalue weighted by Crippen LogP contribution is 2.44. The van der Waals surface area contributed by atoms with E-state index in [0.717, 1.165) is 41.9 Å². The molecule has 3 aliphatic rings. The van der Waals surface area contributed by atoms with Crippen molar-refractivity contribution in [1.29, 1.82) is 0 Å². The van der Waals surface area contributed by atoms with E-state index in [9.17, 15) is 19.5 Å². The van der Waals surface area contributed by atoms with Gasteiger partial charge in [-0.1, -0.05) is 78.9 Å². The number of benzene rings is 3. The average Bonchev–Trinajstić information content (AvgIpc) is 3.24. The van der Waals surface area contributed by atoms with Gasteiger partial charge in [0.05, 0.1) is 0 Å². The number of hydrogen-bond acceptors (Lipinski definition) is 5. The van der Waals surface area contributed by atoms with Gasteiger partial charge in [-0.3, -0.25) is 14.5 Å². The van der Waals surface area contributed by atoms with Gasteiger partial charge in [0, 0.05) is 50.5 Å². The molecule has 206 valence electrons. The summed E-state index contributed by atoms with van der Waals surface area (Å²) >= 11 is 0. The Morgan fingerprint density at radius 2 is 1.48 bits per heavy atom. The summed E-state index contributed by atoms with van der Waals surface area (Å²) in [7, 11) is 0. The van der Waals surface area contributed by atoms with Crippen LogP contribution in [0.1, 0.15) is 35.4 Å². The van der Waals surface area contributed by atoms with E-state index < -0.39 is 18.1 Å². The Kier molecular flexibility index (Phi) is 7.02. The Morgan fingerprint density at radius 1 is 0.875 bits per heavy atom. The molecule has 1 aliphatic carbocycles. The maximum absolute atomic E-state index is 13.3. The lowest BCUT2D eigenvalue weighted by Crippen LogP contribution is -2.73. The molecule has 0 saturated carbocycles. The summed E-state index contributed by atoms with van der Waals surface area (Å²) in [6.07, 6.45) is -0.912. The molecule has 3 aromatic carbocycles. The van der Waals surface area contributed by atoms with Crippen molar-refractivity contribution < 1.29 is 24.2 Å². The topological polar surface area (TPSA) is 99.2 Å². The number of hydrogen-bond donors (Lipinski definition) is 2. The van der Waals surface area contributed by atoms with E-state index in [0.29, 0.717) is 13.1 Å². The van der Waals surface area contributed by atoms with Crippen LogP contribution in [0.25, 0.3) is 11.1 Å². The summed E-state index contributed by atoms with van der Waals surface area (Å²) in [5.41, 5.74) is 5.82. The molecule has 1 atom stereocenters. The lowest BCUT2D eigenvalue weighted by molar-refractivity contribution is -0.162. The van der Waals surface area contributed by atoms with Crippen LogP contribution in [0.3, 0.4) is 0 Å². The first-order valence-corrected chi connectivity index (χ1v) is 13.8. The van der Waals surface area contributed by atoms with Crippen LogP contribution in [-0.2, 0) is 20.9 Å². The molecule has 3 aromatic rings. The number of carbonyl (C=O) groups excluding carboxylic acids is 2. The van der Waals surface area contributed by atoms with Gasteiger partial charge >= 0.3 is 12.1 Å². The molecular formula is C32H33N3O5. The van der Waals surface area contributed by atoms with E-state index in [1.807, 2.05) is 54.6 Å². The van der Waals surface area contributed by atoms with Crippen molar-refractivity contribution in [3.05, 3.63) is 95.6 Å². The molecule has 8 nitrogen and oxygen atoms in total. The first-order valence-electron chi connectivity index (χ1n) is 13.8. The van der Waals surface area contributed by atoms with Crippen molar-refractivity contribution in [3.63, 3.8) is 0 Å². The maximum atomic E-state index is 13.3. The third-order valence-electron chi connectivity index (χ3n) is 8.31. The second-order valence-electron chi connectivity index (χ2n) is 11.3. The molecule has 0 aromatic heterocycles. The predicted octanol–water partition coefficient (Wildman–Crippen LogP) is 4.10. The van der Waals surface area contributed by atoms with Crippen LogP contribution in [0.15, 0.2) is 78.9 Å². The molecule has 2 fully saturated rings. The fraction of sp³-hybridized carbons (Fsp3) is 0.344. The number of aliphatic carboxylic acids is 1. The minimum absolute atomic E-state index is 0.0159. The molecule has 1 spiro atoms. The number of amides is 2. The van der Waals surface area contributed by atoms with Crippen molar-refractivity contribution >= 4 is 18.0 Å². The molecule has 40 heavy (non-hydrogen) atoms. The zero-order chi connectivity index (χ0) is 27.7. The number of nitrogens with one attached hydrogen (secondary N) is 1. The number of rotatable bonds is 9. The average molecular weight is 540 g/mol. The maximum Gasteiger partial charge on any atom is 0.407 e. The standard InChI is InChI=1S/C32H33N3O5/c36-29(37)15-14-28(30(38)35-20-32(21-35)18-34(19-32)16-22-8-2-1-3-9-22)33-31(39)40-17-27-25-12-6-4-10-23(25)24-11-5-7-13-26(24)27/h1-13,27-28H,14-21H2,(H,33,39)(H,36,37).